The SMILES string of the molecule is COc1ccc(-c2ccc3cnc(Nc4ccc5nc(CN6CCOCC6)[nH]c5c4)nn23)cn1.O=S(=O)(O)C(F)(F)F. The number of hydrogen-bond acceptors (Lipinski definition) is 10. The maximum absolute atomic E-state index is 10.7. The van der Waals surface area contributed by atoms with Crippen LogP contribution in [0.5, 0.6) is 5.88 Å². The van der Waals surface area contributed by atoms with E-state index in [9.17, 15) is 13.2 Å². The second kappa shape index (κ2) is 11.9. The molecule has 4 aromatic heterocycles. The number of hydrogen-bond donors (Lipinski definition) is 3. The Hall–Kier alpha value is -4.32. The molecule has 17 heteroatoms. The van der Waals surface area contributed by atoms with Gasteiger partial charge in [0.2, 0.25) is 11.8 Å². The van der Waals surface area contributed by atoms with Gasteiger partial charge in [-0.05, 0) is 36.4 Å². The van der Waals surface area contributed by atoms with Crippen LogP contribution in [0.15, 0.2) is 54.9 Å². The quantitative estimate of drug-likeness (QED) is 0.191. The van der Waals surface area contributed by atoms with Crippen molar-refractivity contribution in [2.45, 2.75) is 12.1 Å². The van der Waals surface area contributed by atoms with Gasteiger partial charge >= 0.3 is 15.6 Å². The number of methoxy groups -OCH3 is 1. The Kier molecular flexibility index (Phi) is 8.26. The number of halogens is 3. The highest BCUT2D eigenvalue weighted by Crippen LogP contribution is 2.25. The number of H-pyrrole nitrogens is 1. The van der Waals surface area contributed by atoms with Gasteiger partial charge in [-0.1, -0.05) is 0 Å². The topological polar surface area (TPSA) is 160 Å². The fraction of sp³-hybridized carbons (Fsp3) is 0.280. The summed E-state index contributed by atoms with van der Waals surface area (Å²) in [6.45, 7) is 4.19. The number of anilines is 2. The van der Waals surface area contributed by atoms with Gasteiger partial charge in [0, 0.05) is 36.6 Å². The van der Waals surface area contributed by atoms with E-state index in [1.54, 1.807) is 19.5 Å². The number of aromatic amines is 1. The summed E-state index contributed by atoms with van der Waals surface area (Å²) >= 11 is 0. The molecule has 0 saturated carbocycles. The second-order valence-corrected chi connectivity index (χ2v) is 10.5. The lowest BCUT2D eigenvalue weighted by atomic mass is 10.2. The van der Waals surface area contributed by atoms with Crippen LogP contribution in [0.4, 0.5) is 24.8 Å². The number of benzene rings is 1. The van der Waals surface area contributed by atoms with Gasteiger partial charge in [-0.2, -0.15) is 21.6 Å². The van der Waals surface area contributed by atoms with Crippen LogP contribution in [0.1, 0.15) is 5.82 Å². The van der Waals surface area contributed by atoms with Gasteiger partial charge in [-0.25, -0.2) is 19.5 Å². The van der Waals surface area contributed by atoms with Crippen LogP contribution < -0.4 is 10.1 Å². The van der Waals surface area contributed by atoms with Crippen molar-refractivity contribution in [1.29, 1.82) is 0 Å². The van der Waals surface area contributed by atoms with Crippen LogP contribution in [-0.4, -0.2) is 86.3 Å². The average Bonchev–Trinajstić information content (AvgIpc) is 3.56. The zero-order valence-corrected chi connectivity index (χ0v) is 22.9. The smallest absolute Gasteiger partial charge is 0.481 e. The Balaban J connectivity index is 0.000000390. The molecule has 1 aliphatic heterocycles. The van der Waals surface area contributed by atoms with Crippen molar-refractivity contribution in [2.75, 3.05) is 38.7 Å². The molecule has 1 saturated heterocycles. The molecular weight excluding hydrogens is 581 g/mol. The zero-order chi connectivity index (χ0) is 29.9. The standard InChI is InChI=1S/C24H24N8O2.CHF3O3S/c1-33-23-7-2-16(13-25-23)21-6-4-18-14-26-24(30-32(18)21)27-17-3-5-19-20(12-17)29-22(28-19)15-31-8-10-34-11-9-31;2-1(3,4)8(5,6)7/h2-7,12-14H,8-11,15H2,1H3,(H,27,30)(H,28,29);(H,5,6,7). The number of ether oxygens (including phenoxy) is 2. The summed E-state index contributed by atoms with van der Waals surface area (Å²) in [7, 11) is -4.24. The molecule has 0 unspecified atom stereocenters. The molecule has 1 aromatic carbocycles. The number of fused-ring (bicyclic) bond motifs is 2. The third-order valence-corrected chi connectivity index (χ3v) is 6.78. The summed E-state index contributed by atoms with van der Waals surface area (Å²) in [6, 6.07) is 13.8. The molecular formula is C25H25F3N8O5S. The van der Waals surface area contributed by atoms with Gasteiger partial charge in [0.25, 0.3) is 0 Å². The number of rotatable bonds is 6. The number of aromatic nitrogens is 6. The third kappa shape index (κ3) is 6.76. The average molecular weight is 607 g/mol. The lowest BCUT2D eigenvalue weighted by Gasteiger charge is -2.25. The van der Waals surface area contributed by atoms with E-state index in [-0.39, 0.29) is 0 Å². The Morgan fingerprint density at radius 2 is 1.86 bits per heavy atom. The predicted molar refractivity (Wildman–Crippen MR) is 146 cm³/mol. The summed E-state index contributed by atoms with van der Waals surface area (Å²) in [6.07, 6.45) is 3.57. The Bertz CT molecular complexity index is 1790. The van der Waals surface area contributed by atoms with Crippen molar-refractivity contribution in [3.63, 3.8) is 0 Å². The van der Waals surface area contributed by atoms with Gasteiger partial charge < -0.3 is 19.8 Å². The molecule has 42 heavy (non-hydrogen) atoms. The lowest BCUT2D eigenvalue weighted by Crippen LogP contribution is -2.35. The van der Waals surface area contributed by atoms with Crippen LogP contribution in [-0.2, 0) is 21.4 Å². The number of morpholine rings is 1. The fourth-order valence-electron chi connectivity index (χ4n) is 4.15. The van der Waals surface area contributed by atoms with Crippen molar-refractivity contribution in [3.8, 4) is 17.1 Å². The number of pyridine rings is 1. The van der Waals surface area contributed by atoms with Gasteiger partial charge in [0.15, 0.2) is 0 Å². The highest BCUT2D eigenvalue weighted by Gasteiger charge is 2.44. The molecule has 0 aliphatic carbocycles. The molecule has 6 rings (SSSR count). The number of nitrogens with zero attached hydrogens (tertiary/aromatic N) is 6. The van der Waals surface area contributed by atoms with Crippen LogP contribution in [0.25, 0.3) is 27.8 Å². The first-order valence-corrected chi connectivity index (χ1v) is 13.9. The molecule has 3 N–H and O–H groups in total. The Morgan fingerprint density at radius 3 is 2.52 bits per heavy atom. The molecule has 13 nitrogen and oxygen atoms in total. The monoisotopic (exact) mass is 606 g/mol. The molecule has 5 aromatic rings. The molecule has 1 fully saturated rings. The van der Waals surface area contributed by atoms with Gasteiger partial charge in [0.05, 0.1) is 55.3 Å². The van der Waals surface area contributed by atoms with Crippen molar-refractivity contribution in [1.82, 2.24) is 34.4 Å². The third-order valence-electron chi connectivity index (χ3n) is 6.20. The minimum absolute atomic E-state index is 0.499. The summed E-state index contributed by atoms with van der Waals surface area (Å²) in [5.74, 6) is 2.03. The summed E-state index contributed by atoms with van der Waals surface area (Å²) in [4.78, 5) is 19.3. The number of imidazole rings is 1. The second-order valence-electron chi connectivity index (χ2n) is 9.08. The van der Waals surface area contributed by atoms with E-state index < -0.39 is 15.6 Å². The normalized spacial score (nSPS) is 14.5. The molecule has 0 atom stereocenters. The first kappa shape index (κ1) is 29.2. The van der Waals surface area contributed by atoms with Gasteiger partial charge in [-0.15, -0.1) is 5.10 Å². The fourth-order valence-corrected chi connectivity index (χ4v) is 4.15. The van der Waals surface area contributed by atoms with Crippen molar-refractivity contribution < 1.29 is 35.6 Å². The summed E-state index contributed by atoms with van der Waals surface area (Å²) in [5, 5.41) is 8.02. The van der Waals surface area contributed by atoms with E-state index in [2.05, 4.69) is 25.2 Å². The van der Waals surface area contributed by atoms with E-state index in [0.717, 1.165) is 72.2 Å². The molecule has 0 spiro atoms. The molecule has 0 amide bonds. The summed E-state index contributed by atoms with van der Waals surface area (Å²) in [5.41, 5.74) is 0.0172. The summed E-state index contributed by atoms with van der Waals surface area (Å²) < 4.78 is 70.0. The van der Waals surface area contributed by atoms with Crippen LogP contribution >= 0.6 is 0 Å². The minimum atomic E-state index is -5.84. The predicted octanol–water partition coefficient (Wildman–Crippen LogP) is 3.65. The Morgan fingerprint density at radius 1 is 1.10 bits per heavy atom. The van der Waals surface area contributed by atoms with Crippen molar-refractivity contribution in [3.05, 3.63) is 60.7 Å². The van der Waals surface area contributed by atoms with Crippen LogP contribution in [0.2, 0.25) is 0 Å². The number of alkyl halides is 3. The number of nitrogens with one attached hydrogen (secondary N) is 2. The van der Waals surface area contributed by atoms with Crippen molar-refractivity contribution in [2.24, 2.45) is 0 Å². The zero-order valence-electron chi connectivity index (χ0n) is 22.0. The van der Waals surface area contributed by atoms with E-state index in [1.165, 1.54) is 0 Å². The molecule has 222 valence electrons. The Labute approximate surface area is 237 Å². The largest absolute Gasteiger partial charge is 0.522 e. The molecule has 1 aliphatic rings. The van der Waals surface area contributed by atoms with Gasteiger partial charge in [0.1, 0.15) is 5.82 Å². The maximum Gasteiger partial charge on any atom is 0.522 e. The van der Waals surface area contributed by atoms with Crippen LogP contribution in [0.3, 0.4) is 0 Å². The van der Waals surface area contributed by atoms with E-state index in [4.69, 9.17) is 32.5 Å². The van der Waals surface area contributed by atoms with E-state index in [0.29, 0.717) is 11.8 Å². The first-order valence-electron chi connectivity index (χ1n) is 12.4. The lowest BCUT2D eigenvalue weighted by molar-refractivity contribution is -0.0510. The van der Waals surface area contributed by atoms with Crippen LogP contribution in [0, 0.1) is 0 Å². The maximum atomic E-state index is 10.7. The van der Waals surface area contributed by atoms with Crippen molar-refractivity contribution >= 4 is 38.3 Å². The first-order chi connectivity index (χ1) is 20.0. The minimum Gasteiger partial charge on any atom is -0.481 e. The van der Waals surface area contributed by atoms with Gasteiger partial charge in [-0.3, -0.25) is 9.45 Å². The molecule has 5 heterocycles. The van der Waals surface area contributed by atoms with E-state index in [1.807, 2.05) is 47.0 Å². The highest BCUT2D eigenvalue weighted by atomic mass is 32.2. The molecule has 0 radical (unpaired) electrons. The highest BCUT2D eigenvalue weighted by molar-refractivity contribution is 7.86. The molecule has 0 bridgehead atoms. The van der Waals surface area contributed by atoms with E-state index >= 15 is 0 Å².